The van der Waals surface area contributed by atoms with Gasteiger partial charge < -0.3 is 0 Å². The molecule has 0 aliphatic heterocycles. The summed E-state index contributed by atoms with van der Waals surface area (Å²) >= 11 is 5.89. The first kappa shape index (κ1) is 15.3. The maximum atomic E-state index is 12.1. The zero-order chi connectivity index (χ0) is 13.8. The molecule has 1 unspecified atom stereocenters. The van der Waals surface area contributed by atoms with E-state index >= 15 is 0 Å². The van der Waals surface area contributed by atoms with Gasteiger partial charge in [0.25, 0.3) is 0 Å². The van der Waals surface area contributed by atoms with Crippen LogP contribution >= 0.6 is 11.6 Å². The summed E-state index contributed by atoms with van der Waals surface area (Å²) in [6.07, 6.45) is -4.54. The van der Waals surface area contributed by atoms with Crippen LogP contribution in [0, 0.1) is 6.92 Å². The number of rotatable bonds is 5. The van der Waals surface area contributed by atoms with Crippen molar-refractivity contribution in [2.45, 2.75) is 38.4 Å². The highest BCUT2D eigenvalue weighted by Crippen LogP contribution is 2.27. The first-order valence-corrected chi connectivity index (χ1v) is 6.00. The topological polar surface area (TPSA) is 38.0 Å². The van der Waals surface area contributed by atoms with Crippen LogP contribution in [-0.2, 0) is 0 Å². The molecule has 1 atom stereocenters. The number of hydrazine groups is 1. The molecule has 0 aromatic heterocycles. The van der Waals surface area contributed by atoms with Gasteiger partial charge >= 0.3 is 6.18 Å². The Labute approximate surface area is 109 Å². The lowest BCUT2D eigenvalue weighted by Gasteiger charge is -2.17. The van der Waals surface area contributed by atoms with E-state index in [0.717, 1.165) is 11.1 Å². The van der Waals surface area contributed by atoms with Crippen LogP contribution in [0.15, 0.2) is 18.2 Å². The molecule has 1 rings (SSSR count). The van der Waals surface area contributed by atoms with Gasteiger partial charge in [-0.3, -0.25) is 11.3 Å². The van der Waals surface area contributed by atoms with Gasteiger partial charge in [0.2, 0.25) is 0 Å². The molecular formula is C12H16ClF3N2. The van der Waals surface area contributed by atoms with Crippen LogP contribution in [-0.4, -0.2) is 6.18 Å². The van der Waals surface area contributed by atoms with Crippen molar-refractivity contribution in [2.24, 2.45) is 5.84 Å². The highest BCUT2D eigenvalue weighted by molar-refractivity contribution is 6.31. The second-order valence-electron chi connectivity index (χ2n) is 4.24. The van der Waals surface area contributed by atoms with E-state index in [2.05, 4.69) is 5.43 Å². The summed E-state index contributed by atoms with van der Waals surface area (Å²) in [6.45, 7) is 1.84. The smallest absolute Gasteiger partial charge is 0.271 e. The second-order valence-corrected chi connectivity index (χ2v) is 4.64. The standard InChI is InChI=1S/C12H16ClF3N2/c1-8-7-9(4-5-10(8)13)11(18-17)3-2-6-12(14,15)16/h4-5,7,11,18H,2-3,6,17H2,1H3. The fourth-order valence-electron chi connectivity index (χ4n) is 1.74. The average Bonchev–Trinajstić information content (AvgIpc) is 2.27. The molecule has 6 heteroatoms. The van der Waals surface area contributed by atoms with Gasteiger partial charge in [0, 0.05) is 17.5 Å². The molecule has 0 amide bonds. The van der Waals surface area contributed by atoms with Crippen molar-refractivity contribution in [3.63, 3.8) is 0 Å². The minimum atomic E-state index is -4.12. The number of halogens is 4. The summed E-state index contributed by atoms with van der Waals surface area (Å²) in [5.74, 6) is 5.38. The van der Waals surface area contributed by atoms with E-state index in [1.54, 1.807) is 12.1 Å². The van der Waals surface area contributed by atoms with Gasteiger partial charge in [0.15, 0.2) is 0 Å². The van der Waals surface area contributed by atoms with Crippen LogP contribution in [0.5, 0.6) is 0 Å². The summed E-state index contributed by atoms with van der Waals surface area (Å²) in [4.78, 5) is 0. The number of hydrogen-bond donors (Lipinski definition) is 2. The highest BCUT2D eigenvalue weighted by atomic mass is 35.5. The molecule has 0 spiro atoms. The maximum Gasteiger partial charge on any atom is 0.389 e. The lowest BCUT2D eigenvalue weighted by atomic mass is 10.00. The van der Waals surface area contributed by atoms with Crippen molar-refractivity contribution in [1.82, 2.24) is 5.43 Å². The molecule has 0 saturated heterocycles. The second kappa shape index (κ2) is 6.41. The number of alkyl halides is 3. The molecule has 102 valence electrons. The molecule has 18 heavy (non-hydrogen) atoms. The third-order valence-corrected chi connectivity index (χ3v) is 3.16. The Morgan fingerprint density at radius 3 is 2.56 bits per heavy atom. The fourth-order valence-corrected chi connectivity index (χ4v) is 1.86. The normalized spacial score (nSPS) is 13.7. The number of benzene rings is 1. The van der Waals surface area contributed by atoms with E-state index in [1.165, 1.54) is 0 Å². The van der Waals surface area contributed by atoms with Crippen molar-refractivity contribution >= 4 is 11.6 Å². The van der Waals surface area contributed by atoms with Crippen molar-refractivity contribution in [1.29, 1.82) is 0 Å². The van der Waals surface area contributed by atoms with Crippen molar-refractivity contribution in [3.05, 3.63) is 34.3 Å². The molecule has 3 N–H and O–H groups in total. The molecule has 1 aromatic carbocycles. The van der Waals surface area contributed by atoms with E-state index in [9.17, 15) is 13.2 Å². The Bertz CT molecular complexity index is 393. The number of nitrogens with two attached hydrogens (primary N) is 1. The predicted octanol–water partition coefficient (Wildman–Crippen LogP) is 3.89. The molecule has 2 nitrogen and oxygen atoms in total. The third kappa shape index (κ3) is 4.84. The predicted molar refractivity (Wildman–Crippen MR) is 66.2 cm³/mol. The fraction of sp³-hybridized carbons (Fsp3) is 0.500. The number of hydrogen-bond acceptors (Lipinski definition) is 2. The quantitative estimate of drug-likeness (QED) is 0.634. The Hall–Kier alpha value is -0.780. The number of nitrogens with one attached hydrogen (secondary N) is 1. The first-order chi connectivity index (χ1) is 8.33. The van der Waals surface area contributed by atoms with Crippen LogP contribution in [0.3, 0.4) is 0 Å². The molecule has 0 aliphatic carbocycles. The Balaban J connectivity index is 2.63. The molecule has 0 radical (unpaired) electrons. The lowest BCUT2D eigenvalue weighted by Crippen LogP contribution is -2.28. The minimum Gasteiger partial charge on any atom is -0.271 e. The molecule has 0 fully saturated rings. The summed E-state index contributed by atoms with van der Waals surface area (Å²) < 4.78 is 36.2. The summed E-state index contributed by atoms with van der Waals surface area (Å²) in [5, 5.41) is 0.629. The molecule has 0 aliphatic rings. The van der Waals surface area contributed by atoms with E-state index in [-0.39, 0.29) is 12.5 Å². The van der Waals surface area contributed by atoms with Crippen LogP contribution in [0.1, 0.15) is 36.4 Å². The van der Waals surface area contributed by atoms with E-state index in [1.807, 2.05) is 13.0 Å². The van der Waals surface area contributed by atoms with Gasteiger partial charge in [0.1, 0.15) is 0 Å². The average molecular weight is 281 g/mol. The van der Waals surface area contributed by atoms with Crippen LogP contribution in [0.4, 0.5) is 13.2 Å². The lowest BCUT2D eigenvalue weighted by molar-refractivity contribution is -0.135. The van der Waals surface area contributed by atoms with E-state index in [4.69, 9.17) is 17.4 Å². The Kier molecular flexibility index (Phi) is 5.44. The summed E-state index contributed by atoms with van der Waals surface area (Å²) in [7, 11) is 0. The Morgan fingerprint density at radius 2 is 2.06 bits per heavy atom. The first-order valence-electron chi connectivity index (χ1n) is 5.62. The van der Waals surface area contributed by atoms with Crippen LogP contribution < -0.4 is 11.3 Å². The van der Waals surface area contributed by atoms with Gasteiger partial charge in [-0.25, -0.2) is 0 Å². The van der Waals surface area contributed by atoms with Gasteiger partial charge in [-0.15, -0.1) is 0 Å². The molecule has 0 heterocycles. The number of aryl methyl sites for hydroxylation is 1. The molecule has 1 aromatic rings. The van der Waals surface area contributed by atoms with E-state index < -0.39 is 12.6 Å². The molecular weight excluding hydrogens is 265 g/mol. The van der Waals surface area contributed by atoms with Gasteiger partial charge in [0.05, 0.1) is 0 Å². The zero-order valence-electron chi connectivity index (χ0n) is 10.0. The van der Waals surface area contributed by atoms with Gasteiger partial charge in [-0.2, -0.15) is 13.2 Å². The van der Waals surface area contributed by atoms with Crippen LogP contribution in [0.2, 0.25) is 5.02 Å². The molecule has 0 saturated carbocycles. The summed E-state index contributed by atoms with van der Waals surface area (Å²) in [5.41, 5.74) is 4.27. The van der Waals surface area contributed by atoms with Crippen molar-refractivity contribution in [3.8, 4) is 0 Å². The highest BCUT2D eigenvalue weighted by Gasteiger charge is 2.26. The maximum absolute atomic E-state index is 12.1. The van der Waals surface area contributed by atoms with Crippen molar-refractivity contribution in [2.75, 3.05) is 0 Å². The SMILES string of the molecule is Cc1cc(C(CCCC(F)(F)F)NN)ccc1Cl. The van der Waals surface area contributed by atoms with Crippen LogP contribution in [0.25, 0.3) is 0 Å². The third-order valence-electron chi connectivity index (χ3n) is 2.74. The van der Waals surface area contributed by atoms with E-state index in [0.29, 0.717) is 11.4 Å². The minimum absolute atomic E-state index is 0.0417. The van der Waals surface area contributed by atoms with Crippen molar-refractivity contribution < 1.29 is 13.2 Å². The monoisotopic (exact) mass is 280 g/mol. The largest absolute Gasteiger partial charge is 0.389 e. The zero-order valence-corrected chi connectivity index (χ0v) is 10.8. The Morgan fingerprint density at radius 1 is 1.39 bits per heavy atom. The van der Waals surface area contributed by atoms with Gasteiger partial charge in [-0.05, 0) is 37.0 Å². The summed E-state index contributed by atoms with van der Waals surface area (Å²) in [6, 6.07) is 5.04. The van der Waals surface area contributed by atoms with Gasteiger partial charge in [-0.1, -0.05) is 23.7 Å². The molecule has 0 bridgehead atoms.